The molecule has 2 aromatic heterocycles. The summed E-state index contributed by atoms with van der Waals surface area (Å²) in [6, 6.07) is 9.43. The monoisotopic (exact) mass is 368 g/mol. The number of hydrogen-bond acceptors (Lipinski definition) is 5. The molecule has 134 valence electrons. The highest BCUT2D eigenvalue weighted by Crippen LogP contribution is 2.21. The number of amides is 1. The van der Waals surface area contributed by atoms with E-state index in [1.54, 1.807) is 17.4 Å². The molecule has 1 aromatic carbocycles. The zero-order valence-electron chi connectivity index (χ0n) is 14.6. The number of benzene rings is 1. The topological polar surface area (TPSA) is 69.3 Å². The Morgan fingerprint density at radius 2 is 2.00 bits per heavy atom. The number of carbonyl (C=O) groups excluding carboxylic acids is 1. The first-order chi connectivity index (χ1) is 12.6. The molecule has 1 aliphatic rings. The van der Waals surface area contributed by atoms with Crippen molar-refractivity contribution in [1.29, 1.82) is 0 Å². The third-order valence-corrected chi connectivity index (χ3v) is 5.53. The van der Waals surface area contributed by atoms with Gasteiger partial charge >= 0.3 is 0 Å². The molecule has 0 aliphatic carbocycles. The predicted octanol–water partition coefficient (Wildman–Crippen LogP) is 2.18. The molecule has 1 amide bonds. The van der Waals surface area contributed by atoms with E-state index in [0.29, 0.717) is 19.5 Å². The van der Waals surface area contributed by atoms with Crippen molar-refractivity contribution in [3.05, 3.63) is 56.8 Å². The molecule has 0 bridgehead atoms. The van der Waals surface area contributed by atoms with E-state index in [9.17, 15) is 9.59 Å². The van der Waals surface area contributed by atoms with Gasteiger partial charge in [-0.05, 0) is 31.2 Å². The van der Waals surface area contributed by atoms with Gasteiger partial charge < -0.3 is 14.8 Å². The van der Waals surface area contributed by atoms with Gasteiger partial charge in [0.15, 0.2) is 0 Å². The molecule has 1 saturated heterocycles. The summed E-state index contributed by atoms with van der Waals surface area (Å²) in [6.07, 6.45) is 0.383. The van der Waals surface area contributed by atoms with Crippen LogP contribution in [0.1, 0.15) is 10.7 Å². The smallest absolute Gasteiger partial charge is 0.248 e. The molecule has 0 saturated carbocycles. The van der Waals surface area contributed by atoms with Crippen LogP contribution in [0.4, 0.5) is 5.69 Å². The summed E-state index contributed by atoms with van der Waals surface area (Å²) in [5.74, 6) is 0.144. The van der Waals surface area contributed by atoms with E-state index >= 15 is 0 Å². The molecule has 4 rings (SSSR count). The van der Waals surface area contributed by atoms with Crippen molar-refractivity contribution >= 4 is 33.8 Å². The van der Waals surface area contributed by atoms with Gasteiger partial charge in [-0.1, -0.05) is 0 Å². The van der Waals surface area contributed by atoms with Crippen LogP contribution < -0.4 is 10.5 Å². The van der Waals surface area contributed by atoms with Crippen LogP contribution in [0.2, 0.25) is 0 Å². The van der Waals surface area contributed by atoms with E-state index in [-0.39, 0.29) is 11.5 Å². The highest BCUT2D eigenvalue weighted by Gasteiger charge is 2.22. The van der Waals surface area contributed by atoms with Gasteiger partial charge in [0.1, 0.15) is 0 Å². The van der Waals surface area contributed by atoms with Crippen molar-refractivity contribution in [3.63, 3.8) is 0 Å². The Morgan fingerprint density at radius 3 is 2.73 bits per heavy atom. The summed E-state index contributed by atoms with van der Waals surface area (Å²) < 4.78 is 0. The van der Waals surface area contributed by atoms with Crippen molar-refractivity contribution < 1.29 is 4.79 Å². The molecule has 1 N–H and O–H groups in total. The predicted molar refractivity (Wildman–Crippen MR) is 104 cm³/mol. The average molecular weight is 368 g/mol. The third-order valence-electron chi connectivity index (χ3n) is 4.70. The lowest BCUT2D eigenvalue weighted by molar-refractivity contribution is -0.130. The molecular formula is C19H20N4O2S. The highest BCUT2D eigenvalue weighted by atomic mass is 32.1. The van der Waals surface area contributed by atoms with Crippen LogP contribution in [-0.4, -0.2) is 47.0 Å². The number of nitrogens with one attached hydrogen (secondary N) is 1. The number of fused-ring (bicyclic) bond motifs is 1. The normalized spacial score (nSPS) is 14.8. The standard InChI is InChI=1S/C19H20N4O2S/c1-13-20-15(12-26-13)11-19(25)23-8-6-22(7-9-23)16-3-4-17-14(10-16)2-5-18(24)21-17/h2-5,10,12H,6-9,11H2,1H3,(H,21,24). The van der Waals surface area contributed by atoms with Crippen molar-refractivity contribution in [3.8, 4) is 0 Å². The summed E-state index contributed by atoms with van der Waals surface area (Å²) in [6.45, 7) is 4.99. The van der Waals surface area contributed by atoms with E-state index < -0.39 is 0 Å². The number of rotatable bonds is 3. The first-order valence-corrected chi connectivity index (χ1v) is 9.53. The van der Waals surface area contributed by atoms with Crippen molar-refractivity contribution in [2.24, 2.45) is 0 Å². The Morgan fingerprint density at radius 1 is 1.19 bits per heavy atom. The van der Waals surface area contributed by atoms with Gasteiger partial charge in [0.25, 0.3) is 0 Å². The quantitative estimate of drug-likeness (QED) is 0.769. The fraction of sp³-hybridized carbons (Fsp3) is 0.316. The second kappa shape index (κ2) is 6.92. The number of pyridine rings is 1. The largest absolute Gasteiger partial charge is 0.368 e. The van der Waals surface area contributed by atoms with E-state index in [1.807, 2.05) is 35.4 Å². The van der Waals surface area contributed by atoms with Crippen LogP contribution in [0.25, 0.3) is 10.9 Å². The SMILES string of the molecule is Cc1nc(CC(=O)N2CCN(c3ccc4[nH]c(=O)ccc4c3)CC2)cs1. The maximum Gasteiger partial charge on any atom is 0.248 e. The van der Waals surface area contributed by atoms with Crippen LogP contribution in [0.3, 0.4) is 0 Å². The lowest BCUT2D eigenvalue weighted by atomic mass is 10.1. The lowest BCUT2D eigenvalue weighted by Gasteiger charge is -2.36. The van der Waals surface area contributed by atoms with Crippen LogP contribution in [-0.2, 0) is 11.2 Å². The van der Waals surface area contributed by atoms with Gasteiger partial charge in [-0.2, -0.15) is 0 Å². The lowest BCUT2D eigenvalue weighted by Crippen LogP contribution is -2.49. The summed E-state index contributed by atoms with van der Waals surface area (Å²) in [4.78, 5) is 35.3. The zero-order valence-corrected chi connectivity index (χ0v) is 15.4. The van der Waals surface area contributed by atoms with Gasteiger partial charge in [0, 0.05) is 54.2 Å². The van der Waals surface area contributed by atoms with Crippen LogP contribution in [0.15, 0.2) is 40.5 Å². The Labute approximate surface area is 155 Å². The number of aromatic nitrogens is 2. The molecule has 0 atom stereocenters. The summed E-state index contributed by atoms with van der Waals surface area (Å²) in [5, 5.41) is 3.97. The third kappa shape index (κ3) is 3.48. The molecule has 6 nitrogen and oxygen atoms in total. The molecule has 3 aromatic rings. The molecule has 3 heterocycles. The second-order valence-electron chi connectivity index (χ2n) is 6.50. The molecule has 7 heteroatoms. The van der Waals surface area contributed by atoms with Crippen molar-refractivity contribution in [2.75, 3.05) is 31.1 Å². The van der Waals surface area contributed by atoms with Crippen molar-refractivity contribution in [1.82, 2.24) is 14.9 Å². The number of carbonyl (C=O) groups is 1. The van der Waals surface area contributed by atoms with Gasteiger partial charge in [-0.3, -0.25) is 9.59 Å². The molecule has 1 aliphatic heterocycles. The minimum absolute atomic E-state index is 0.0901. The minimum Gasteiger partial charge on any atom is -0.368 e. The summed E-state index contributed by atoms with van der Waals surface area (Å²) >= 11 is 1.58. The minimum atomic E-state index is -0.0901. The van der Waals surface area contributed by atoms with Gasteiger partial charge in [-0.15, -0.1) is 11.3 Å². The van der Waals surface area contributed by atoms with Crippen LogP contribution >= 0.6 is 11.3 Å². The number of thiazole rings is 1. The number of H-pyrrole nitrogens is 1. The molecule has 1 fully saturated rings. The Balaban J connectivity index is 1.40. The Hall–Kier alpha value is -2.67. The average Bonchev–Trinajstić information content (AvgIpc) is 3.06. The number of piperazine rings is 1. The fourth-order valence-electron chi connectivity index (χ4n) is 3.31. The zero-order chi connectivity index (χ0) is 18.1. The van der Waals surface area contributed by atoms with E-state index in [0.717, 1.165) is 40.4 Å². The number of anilines is 1. The van der Waals surface area contributed by atoms with Crippen LogP contribution in [0, 0.1) is 6.92 Å². The highest BCUT2D eigenvalue weighted by molar-refractivity contribution is 7.09. The molecule has 26 heavy (non-hydrogen) atoms. The maximum absolute atomic E-state index is 12.5. The summed E-state index contributed by atoms with van der Waals surface area (Å²) in [5.41, 5.74) is 2.73. The molecule has 0 spiro atoms. The van der Waals surface area contributed by atoms with Gasteiger partial charge in [0.05, 0.1) is 17.1 Å². The molecular weight excluding hydrogens is 348 g/mol. The van der Waals surface area contributed by atoms with Crippen molar-refractivity contribution in [2.45, 2.75) is 13.3 Å². The molecule has 0 unspecified atom stereocenters. The maximum atomic E-state index is 12.5. The summed E-state index contributed by atoms with van der Waals surface area (Å²) in [7, 11) is 0. The van der Waals surface area contributed by atoms with Gasteiger partial charge in [-0.25, -0.2) is 4.98 Å². The number of aromatic amines is 1. The number of hydrogen-bond donors (Lipinski definition) is 1. The number of nitrogens with zero attached hydrogens (tertiary/aromatic N) is 3. The first kappa shape index (κ1) is 16.8. The Kier molecular flexibility index (Phi) is 4.46. The van der Waals surface area contributed by atoms with Crippen LogP contribution in [0.5, 0.6) is 0 Å². The fourth-order valence-corrected chi connectivity index (χ4v) is 3.92. The Bertz CT molecular complexity index is 1000. The van der Waals surface area contributed by atoms with E-state index in [4.69, 9.17) is 0 Å². The first-order valence-electron chi connectivity index (χ1n) is 8.65. The number of aryl methyl sites for hydroxylation is 1. The van der Waals surface area contributed by atoms with E-state index in [1.165, 1.54) is 0 Å². The van der Waals surface area contributed by atoms with Gasteiger partial charge in [0.2, 0.25) is 11.5 Å². The molecule has 0 radical (unpaired) electrons. The second-order valence-corrected chi connectivity index (χ2v) is 7.56. The van der Waals surface area contributed by atoms with E-state index in [2.05, 4.69) is 20.9 Å².